The fourth-order valence-corrected chi connectivity index (χ4v) is 2.64. The van der Waals surface area contributed by atoms with Crippen LogP contribution < -0.4 is 0 Å². The molecule has 0 spiro atoms. The number of thioether (sulfide) groups is 1. The summed E-state index contributed by atoms with van der Waals surface area (Å²) in [5.74, 6) is 1.01. The van der Waals surface area contributed by atoms with Crippen LogP contribution in [-0.2, 0) is 4.74 Å². The molecule has 1 aliphatic rings. The summed E-state index contributed by atoms with van der Waals surface area (Å²) in [6, 6.07) is 0. The lowest BCUT2D eigenvalue weighted by atomic mass is 10.3. The molecule has 0 amide bonds. The summed E-state index contributed by atoms with van der Waals surface area (Å²) in [6.45, 7) is 0.799. The minimum atomic E-state index is -0.0585. The molecule has 3 heteroatoms. The molecule has 0 aromatic rings. The van der Waals surface area contributed by atoms with E-state index in [-0.39, 0.29) is 6.10 Å². The molecule has 11 heavy (non-hydrogen) atoms. The summed E-state index contributed by atoms with van der Waals surface area (Å²) >= 11 is 1.84. The molecule has 2 unspecified atom stereocenters. The molecule has 1 fully saturated rings. The Morgan fingerprint density at radius 1 is 1.55 bits per heavy atom. The molecule has 0 aromatic carbocycles. The Morgan fingerprint density at radius 3 is 2.91 bits per heavy atom. The van der Waals surface area contributed by atoms with Gasteiger partial charge >= 0.3 is 0 Å². The Bertz CT molecular complexity index is 108. The summed E-state index contributed by atoms with van der Waals surface area (Å²) in [7, 11) is 1.71. The van der Waals surface area contributed by atoms with Crippen molar-refractivity contribution in [3.63, 3.8) is 0 Å². The predicted molar refractivity (Wildman–Crippen MR) is 48.0 cm³/mol. The van der Waals surface area contributed by atoms with Crippen molar-refractivity contribution in [1.82, 2.24) is 0 Å². The largest absolute Gasteiger partial charge is 0.392 e. The van der Waals surface area contributed by atoms with Gasteiger partial charge in [0.15, 0.2) is 0 Å². The first kappa shape index (κ1) is 9.36. The standard InChI is InChI=1S/C8H16O2S/c1-10-5-6-11-8-4-2-3-7(8)9/h7-9H,2-6H2,1H3. The lowest BCUT2D eigenvalue weighted by Crippen LogP contribution is -2.16. The molecule has 2 nitrogen and oxygen atoms in total. The number of aliphatic hydroxyl groups is 1. The van der Waals surface area contributed by atoms with Gasteiger partial charge in [0.25, 0.3) is 0 Å². The quantitative estimate of drug-likeness (QED) is 0.654. The van der Waals surface area contributed by atoms with Crippen molar-refractivity contribution < 1.29 is 9.84 Å². The van der Waals surface area contributed by atoms with Gasteiger partial charge in [0.2, 0.25) is 0 Å². The first-order chi connectivity index (χ1) is 5.34. The van der Waals surface area contributed by atoms with Gasteiger partial charge in [-0.2, -0.15) is 11.8 Å². The Kier molecular flexibility index (Phi) is 4.26. The van der Waals surface area contributed by atoms with Gasteiger partial charge in [0, 0.05) is 18.1 Å². The summed E-state index contributed by atoms with van der Waals surface area (Å²) in [5.41, 5.74) is 0. The van der Waals surface area contributed by atoms with Gasteiger partial charge in [-0.15, -0.1) is 0 Å². The minimum absolute atomic E-state index is 0.0585. The molecule has 0 heterocycles. The third-order valence-corrected chi connectivity index (χ3v) is 3.42. The maximum absolute atomic E-state index is 9.43. The van der Waals surface area contributed by atoms with Crippen LogP contribution in [0.5, 0.6) is 0 Å². The molecule has 0 bridgehead atoms. The molecule has 0 aliphatic heterocycles. The van der Waals surface area contributed by atoms with Crippen LogP contribution in [0.3, 0.4) is 0 Å². The van der Waals surface area contributed by atoms with Crippen molar-refractivity contribution in [3.8, 4) is 0 Å². The van der Waals surface area contributed by atoms with E-state index < -0.39 is 0 Å². The molecule has 1 rings (SSSR count). The van der Waals surface area contributed by atoms with Crippen LogP contribution in [-0.4, -0.2) is 35.9 Å². The Hall–Kier alpha value is 0.270. The zero-order valence-corrected chi connectivity index (χ0v) is 7.77. The van der Waals surface area contributed by atoms with Crippen LogP contribution in [0.2, 0.25) is 0 Å². The molecule has 0 saturated heterocycles. The van der Waals surface area contributed by atoms with Crippen LogP contribution in [0.15, 0.2) is 0 Å². The first-order valence-electron chi connectivity index (χ1n) is 4.13. The van der Waals surface area contributed by atoms with Crippen LogP contribution in [0.25, 0.3) is 0 Å². The number of ether oxygens (including phenoxy) is 1. The predicted octanol–water partition coefficient (Wildman–Crippen LogP) is 1.28. The fraction of sp³-hybridized carbons (Fsp3) is 1.00. The lowest BCUT2D eigenvalue weighted by Gasteiger charge is -2.12. The van der Waals surface area contributed by atoms with E-state index >= 15 is 0 Å². The molecular formula is C8H16O2S. The van der Waals surface area contributed by atoms with Crippen LogP contribution in [0.1, 0.15) is 19.3 Å². The van der Waals surface area contributed by atoms with E-state index in [9.17, 15) is 5.11 Å². The molecule has 1 aliphatic carbocycles. The highest BCUT2D eigenvalue weighted by molar-refractivity contribution is 7.99. The number of hydrogen-bond acceptors (Lipinski definition) is 3. The molecule has 1 N–H and O–H groups in total. The third kappa shape index (κ3) is 3.01. The van der Waals surface area contributed by atoms with E-state index in [1.165, 1.54) is 12.8 Å². The topological polar surface area (TPSA) is 29.5 Å². The molecule has 66 valence electrons. The normalized spacial score (nSPS) is 31.1. The highest BCUT2D eigenvalue weighted by Crippen LogP contribution is 2.29. The van der Waals surface area contributed by atoms with E-state index in [0.29, 0.717) is 5.25 Å². The summed E-state index contributed by atoms with van der Waals surface area (Å²) in [4.78, 5) is 0. The van der Waals surface area contributed by atoms with E-state index in [4.69, 9.17) is 4.74 Å². The van der Waals surface area contributed by atoms with Crippen LogP contribution in [0, 0.1) is 0 Å². The van der Waals surface area contributed by atoms with Gasteiger partial charge in [0.1, 0.15) is 0 Å². The Labute approximate surface area is 72.3 Å². The smallest absolute Gasteiger partial charge is 0.0658 e. The summed E-state index contributed by atoms with van der Waals surface area (Å²) < 4.78 is 4.93. The Morgan fingerprint density at radius 2 is 2.36 bits per heavy atom. The maximum atomic E-state index is 9.43. The second-order valence-corrected chi connectivity index (χ2v) is 4.25. The van der Waals surface area contributed by atoms with E-state index in [1.54, 1.807) is 7.11 Å². The van der Waals surface area contributed by atoms with Gasteiger partial charge < -0.3 is 9.84 Å². The molecule has 2 atom stereocenters. The molecule has 0 aromatic heterocycles. The average molecular weight is 176 g/mol. The van der Waals surface area contributed by atoms with E-state index in [2.05, 4.69) is 0 Å². The van der Waals surface area contributed by atoms with Crippen molar-refractivity contribution >= 4 is 11.8 Å². The van der Waals surface area contributed by atoms with Crippen molar-refractivity contribution in [2.45, 2.75) is 30.6 Å². The van der Waals surface area contributed by atoms with Gasteiger partial charge in [-0.3, -0.25) is 0 Å². The van der Waals surface area contributed by atoms with Crippen molar-refractivity contribution in [2.24, 2.45) is 0 Å². The number of methoxy groups -OCH3 is 1. The average Bonchev–Trinajstić information content (AvgIpc) is 2.37. The number of rotatable bonds is 4. The van der Waals surface area contributed by atoms with Crippen molar-refractivity contribution in [2.75, 3.05) is 19.5 Å². The van der Waals surface area contributed by atoms with Gasteiger partial charge in [-0.05, 0) is 19.3 Å². The van der Waals surface area contributed by atoms with Crippen LogP contribution >= 0.6 is 11.8 Å². The number of hydrogen-bond donors (Lipinski definition) is 1. The number of aliphatic hydroxyl groups excluding tert-OH is 1. The van der Waals surface area contributed by atoms with Gasteiger partial charge in [0.05, 0.1) is 12.7 Å². The first-order valence-corrected chi connectivity index (χ1v) is 5.18. The molecule has 1 saturated carbocycles. The highest BCUT2D eigenvalue weighted by atomic mass is 32.2. The lowest BCUT2D eigenvalue weighted by molar-refractivity contribution is 0.187. The minimum Gasteiger partial charge on any atom is -0.392 e. The highest BCUT2D eigenvalue weighted by Gasteiger charge is 2.24. The Balaban J connectivity index is 2.05. The molecular weight excluding hydrogens is 160 g/mol. The van der Waals surface area contributed by atoms with Crippen LogP contribution in [0.4, 0.5) is 0 Å². The summed E-state index contributed by atoms with van der Waals surface area (Å²) in [5, 5.41) is 9.90. The van der Waals surface area contributed by atoms with Gasteiger partial charge in [-0.1, -0.05) is 0 Å². The SMILES string of the molecule is COCCSC1CCCC1O. The second kappa shape index (κ2) is 5.01. The van der Waals surface area contributed by atoms with E-state index in [0.717, 1.165) is 18.8 Å². The zero-order chi connectivity index (χ0) is 8.10. The maximum Gasteiger partial charge on any atom is 0.0658 e. The molecule has 0 radical (unpaired) electrons. The third-order valence-electron chi connectivity index (χ3n) is 2.04. The second-order valence-electron chi connectivity index (χ2n) is 2.90. The zero-order valence-electron chi connectivity index (χ0n) is 6.95. The van der Waals surface area contributed by atoms with Crippen molar-refractivity contribution in [3.05, 3.63) is 0 Å². The monoisotopic (exact) mass is 176 g/mol. The van der Waals surface area contributed by atoms with Crippen molar-refractivity contribution in [1.29, 1.82) is 0 Å². The van der Waals surface area contributed by atoms with Gasteiger partial charge in [-0.25, -0.2) is 0 Å². The van der Waals surface area contributed by atoms with E-state index in [1.807, 2.05) is 11.8 Å². The fourth-order valence-electron chi connectivity index (χ4n) is 1.38. The summed E-state index contributed by atoms with van der Waals surface area (Å²) in [6.07, 6.45) is 3.29.